The second-order valence-corrected chi connectivity index (χ2v) is 5.58. The first-order chi connectivity index (χ1) is 10.1. The maximum Gasteiger partial charge on any atom is 0.335 e. The Morgan fingerprint density at radius 3 is 2.62 bits per heavy atom. The van der Waals surface area contributed by atoms with Crippen molar-refractivity contribution < 1.29 is 9.90 Å². The van der Waals surface area contributed by atoms with Gasteiger partial charge in [-0.05, 0) is 42.1 Å². The van der Waals surface area contributed by atoms with Gasteiger partial charge in [0.2, 0.25) is 0 Å². The fraction of sp³-hybridized carbons (Fsp3) is 0.133. The molecule has 5 nitrogen and oxygen atoms in total. The van der Waals surface area contributed by atoms with Crippen LogP contribution in [0.2, 0.25) is 0 Å². The summed E-state index contributed by atoms with van der Waals surface area (Å²) in [6.07, 6.45) is 1.56. The molecule has 0 saturated carbocycles. The van der Waals surface area contributed by atoms with E-state index in [1.165, 1.54) is 0 Å². The minimum absolute atomic E-state index is 0.270. The maximum absolute atomic E-state index is 10.9. The third kappa shape index (κ3) is 2.34. The lowest BCUT2D eigenvalue weighted by molar-refractivity contribution is 0.0697. The number of nitrogens with zero attached hydrogens (tertiary/aromatic N) is 3. The first-order valence-corrected chi connectivity index (χ1v) is 7.22. The van der Waals surface area contributed by atoms with Crippen molar-refractivity contribution in [3.05, 3.63) is 47.1 Å². The van der Waals surface area contributed by atoms with E-state index in [2.05, 4.69) is 15.3 Å². The van der Waals surface area contributed by atoms with Gasteiger partial charge in [0.15, 0.2) is 5.82 Å². The number of benzene rings is 1. The molecule has 0 bridgehead atoms. The summed E-state index contributed by atoms with van der Waals surface area (Å²) >= 11 is 1.61. The normalized spacial score (nSPS) is 10.8. The van der Waals surface area contributed by atoms with Gasteiger partial charge in [-0.15, -0.1) is 11.3 Å². The molecule has 0 saturated heterocycles. The third-order valence-corrected chi connectivity index (χ3v) is 4.41. The summed E-state index contributed by atoms with van der Waals surface area (Å²) < 4.78 is 1.03. The summed E-state index contributed by atoms with van der Waals surface area (Å²) in [6, 6.07) is 6.73. The molecule has 0 amide bonds. The van der Waals surface area contributed by atoms with Gasteiger partial charge < -0.3 is 10.0 Å². The quantitative estimate of drug-likeness (QED) is 0.802. The summed E-state index contributed by atoms with van der Waals surface area (Å²) in [5.74, 6) is -0.108. The highest BCUT2D eigenvalue weighted by Crippen LogP contribution is 2.33. The van der Waals surface area contributed by atoms with E-state index in [-0.39, 0.29) is 5.56 Å². The van der Waals surface area contributed by atoms with Crippen LogP contribution in [-0.2, 0) is 0 Å². The molecule has 106 valence electrons. The van der Waals surface area contributed by atoms with Crippen molar-refractivity contribution in [2.24, 2.45) is 0 Å². The monoisotopic (exact) mass is 299 g/mol. The van der Waals surface area contributed by atoms with Crippen molar-refractivity contribution in [2.75, 3.05) is 11.9 Å². The molecule has 2 heterocycles. The van der Waals surface area contributed by atoms with Gasteiger partial charge in [0.05, 0.1) is 15.8 Å². The van der Waals surface area contributed by atoms with E-state index in [0.717, 1.165) is 27.3 Å². The van der Waals surface area contributed by atoms with Crippen molar-refractivity contribution in [2.45, 2.75) is 6.92 Å². The topological polar surface area (TPSA) is 66.3 Å². The SMILES string of the molecule is Cc1csc2c(N(C)c3ccc(C(=O)O)cc3)ncnc12. The molecule has 0 spiro atoms. The molecule has 3 rings (SSSR count). The van der Waals surface area contributed by atoms with Gasteiger partial charge in [-0.3, -0.25) is 0 Å². The van der Waals surface area contributed by atoms with E-state index in [4.69, 9.17) is 5.11 Å². The standard InChI is InChI=1S/C15H13N3O2S/c1-9-7-21-13-12(9)16-8-17-14(13)18(2)11-5-3-10(4-6-11)15(19)20/h3-8H,1-2H3,(H,19,20). The molecule has 0 radical (unpaired) electrons. The molecule has 0 atom stereocenters. The number of thiophene rings is 1. The van der Waals surface area contributed by atoms with Gasteiger partial charge in [0.1, 0.15) is 6.33 Å². The number of carboxylic acid groups (broad SMARTS) is 1. The Morgan fingerprint density at radius 2 is 1.95 bits per heavy atom. The molecule has 0 aliphatic heterocycles. The van der Waals surface area contributed by atoms with E-state index in [1.807, 2.05) is 18.9 Å². The first-order valence-electron chi connectivity index (χ1n) is 6.34. The Kier molecular flexibility index (Phi) is 3.31. The number of hydrogen-bond acceptors (Lipinski definition) is 5. The van der Waals surface area contributed by atoms with E-state index in [1.54, 1.807) is 41.9 Å². The van der Waals surface area contributed by atoms with Crippen LogP contribution in [0.15, 0.2) is 36.0 Å². The van der Waals surface area contributed by atoms with Crippen LogP contribution in [-0.4, -0.2) is 28.1 Å². The van der Waals surface area contributed by atoms with Crippen molar-refractivity contribution in [1.29, 1.82) is 0 Å². The molecule has 0 aliphatic carbocycles. The minimum Gasteiger partial charge on any atom is -0.478 e. The molecule has 21 heavy (non-hydrogen) atoms. The van der Waals surface area contributed by atoms with Crippen molar-refractivity contribution in [3.8, 4) is 0 Å². The van der Waals surface area contributed by atoms with Gasteiger partial charge in [-0.1, -0.05) is 0 Å². The molecule has 1 aromatic carbocycles. The summed E-state index contributed by atoms with van der Waals surface area (Å²) in [6.45, 7) is 2.03. The molecular weight excluding hydrogens is 286 g/mol. The number of rotatable bonds is 3. The lowest BCUT2D eigenvalue weighted by Gasteiger charge is -2.18. The van der Waals surface area contributed by atoms with Crippen LogP contribution in [0.3, 0.4) is 0 Å². The maximum atomic E-state index is 10.9. The van der Waals surface area contributed by atoms with Crippen molar-refractivity contribution in [3.63, 3.8) is 0 Å². The van der Waals surface area contributed by atoms with E-state index < -0.39 is 5.97 Å². The predicted molar refractivity (Wildman–Crippen MR) is 83.6 cm³/mol. The van der Waals surface area contributed by atoms with Gasteiger partial charge in [0, 0.05) is 12.7 Å². The van der Waals surface area contributed by atoms with Crippen LogP contribution in [0.1, 0.15) is 15.9 Å². The molecule has 0 aliphatic rings. The number of aryl methyl sites for hydroxylation is 1. The van der Waals surface area contributed by atoms with Crippen LogP contribution in [0.25, 0.3) is 10.2 Å². The van der Waals surface area contributed by atoms with Gasteiger partial charge >= 0.3 is 5.97 Å². The Labute approximate surface area is 125 Å². The highest BCUT2D eigenvalue weighted by Gasteiger charge is 2.13. The summed E-state index contributed by atoms with van der Waals surface area (Å²) in [4.78, 5) is 21.5. The average molecular weight is 299 g/mol. The number of fused-ring (bicyclic) bond motifs is 1. The van der Waals surface area contributed by atoms with Crippen LogP contribution in [0, 0.1) is 6.92 Å². The Morgan fingerprint density at radius 1 is 1.24 bits per heavy atom. The molecule has 0 unspecified atom stereocenters. The molecule has 6 heteroatoms. The van der Waals surface area contributed by atoms with E-state index >= 15 is 0 Å². The number of aromatic carboxylic acids is 1. The minimum atomic E-state index is -0.928. The number of carboxylic acids is 1. The highest BCUT2D eigenvalue weighted by atomic mass is 32.1. The number of aromatic nitrogens is 2. The summed E-state index contributed by atoms with van der Waals surface area (Å²) in [5.41, 5.74) is 3.24. The zero-order chi connectivity index (χ0) is 15.0. The summed E-state index contributed by atoms with van der Waals surface area (Å²) in [5, 5.41) is 11.0. The molecule has 3 aromatic rings. The van der Waals surface area contributed by atoms with E-state index in [0.29, 0.717) is 0 Å². The largest absolute Gasteiger partial charge is 0.478 e. The highest BCUT2D eigenvalue weighted by molar-refractivity contribution is 7.18. The molecule has 0 fully saturated rings. The smallest absolute Gasteiger partial charge is 0.335 e. The number of carbonyl (C=O) groups is 1. The van der Waals surface area contributed by atoms with Crippen LogP contribution >= 0.6 is 11.3 Å². The molecule has 2 aromatic heterocycles. The fourth-order valence-electron chi connectivity index (χ4n) is 2.15. The molecule has 1 N–H and O–H groups in total. The molecular formula is C15H13N3O2S. The summed E-state index contributed by atoms with van der Waals surface area (Å²) in [7, 11) is 1.91. The third-order valence-electron chi connectivity index (χ3n) is 3.33. The second-order valence-electron chi connectivity index (χ2n) is 4.70. The zero-order valence-electron chi connectivity index (χ0n) is 11.6. The average Bonchev–Trinajstić information content (AvgIpc) is 2.88. The predicted octanol–water partition coefficient (Wildman–Crippen LogP) is 3.47. The Balaban J connectivity index is 2.03. The van der Waals surface area contributed by atoms with Gasteiger partial charge in [-0.25, -0.2) is 14.8 Å². The Hall–Kier alpha value is -2.47. The second kappa shape index (κ2) is 5.14. The fourth-order valence-corrected chi connectivity index (χ4v) is 3.17. The number of anilines is 2. The van der Waals surface area contributed by atoms with Gasteiger partial charge in [0.25, 0.3) is 0 Å². The van der Waals surface area contributed by atoms with E-state index in [9.17, 15) is 4.79 Å². The van der Waals surface area contributed by atoms with Crippen molar-refractivity contribution >= 4 is 39.0 Å². The van der Waals surface area contributed by atoms with Crippen molar-refractivity contribution in [1.82, 2.24) is 9.97 Å². The zero-order valence-corrected chi connectivity index (χ0v) is 12.4. The van der Waals surface area contributed by atoms with Gasteiger partial charge in [-0.2, -0.15) is 0 Å². The van der Waals surface area contributed by atoms with Crippen LogP contribution < -0.4 is 4.90 Å². The van der Waals surface area contributed by atoms with Crippen LogP contribution in [0.5, 0.6) is 0 Å². The lowest BCUT2D eigenvalue weighted by atomic mass is 10.2. The first kappa shape index (κ1) is 13.5. The van der Waals surface area contributed by atoms with Crippen LogP contribution in [0.4, 0.5) is 11.5 Å². The number of hydrogen-bond donors (Lipinski definition) is 1. The lowest BCUT2D eigenvalue weighted by Crippen LogP contribution is -2.11. The Bertz CT molecular complexity index is 811.